The summed E-state index contributed by atoms with van der Waals surface area (Å²) in [6.45, 7) is 13.7. The van der Waals surface area contributed by atoms with E-state index < -0.39 is 11.9 Å². The minimum Gasteiger partial charge on any atom is -0.461 e. The summed E-state index contributed by atoms with van der Waals surface area (Å²) < 4.78 is 10.1. The molecule has 0 aromatic rings. The van der Waals surface area contributed by atoms with Crippen LogP contribution in [-0.4, -0.2) is 97.6 Å². The summed E-state index contributed by atoms with van der Waals surface area (Å²) in [7, 11) is 0. The predicted molar refractivity (Wildman–Crippen MR) is 98.6 cm³/mol. The highest BCUT2D eigenvalue weighted by Crippen LogP contribution is 1.97. The first-order chi connectivity index (χ1) is 12.3. The highest BCUT2D eigenvalue weighted by atomic mass is 16.5. The van der Waals surface area contributed by atoms with E-state index in [1.165, 1.54) is 0 Å². The summed E-state index contributed by atoms with van der Waals surface area (Å²) in [5.41, 5.74) is 0.689. The van der Waals surface area contributed by atoms with Gasteiger partial charge in [0.2, 0.25) is 0 Å². The van der Waals surface area contributed by atoms with Gasteiger partial charge in [-0.1, -0.05) is 13.2 Å². The molecule has 0 fully saturated rings. The third-order valence-corrected chi connectivity index (χ3v) is 3.54. The van der Waals surface area contributed by atoms with Crippen LogP contribution in [0.2, 0.25) is 0 Å². The van der Waals surface area contributed by atoms with Gasteiger partial charge in [0.15, 0.2) is 0 Å². The average molecular weight is 372 g/mol. The topological polar surface area (TPSA) is 99.5 Å². The van der Waals surface area contributed by atoms with Gasteiger partial charge in [0, 0.05) is 50.4 Å². The predicted octanol–water partition coefficient (Wildman–Crippen LogP) is -0.186. The van der Waals surface area contributed by atoms with E-state index in [0.717, 1.165) is 0 Å². The molecule has 0 aliphatic carbocycles. The SMILES string of the molecule is C=C(C)C(=O)OCCN(CCO)CCN(CCO)CCOC(=O)C(=C)C. The zero-order chi connectivity index (χ0) is 19.9. The highest BCUT2D eigenvalue weighted by Gasteiger charge is 2.11. The van der Waals surface area contributed by atoms with E-state index in [2.05, 4.69) is 13.2 Å². The number of hydrogen-bond donors (Lipinski definition) is 2. The molecule has 8 heteroatoms. The maximum absolute atomic E-state index is 11.4. The Kier molecular flexibility index (Phi) is 13.5. The van der Waals surface area contributed by atoms with Crippen LogP contribution in [0.5, 0.6) is 0 Å². The Balaban J connectivity index is 4.31. The lowest BCUT2D eigenvalue weighted by molar-refractivity contribution is -0.140. The summed E-state index contributed by atoms with van der Waals surface area (Å²) in [6, 6.07) is 0. The van der Waals surface area contributed by atoms with E-state index in [0.29, 0.717) is 50.4 Å². The molecule has 0 aromatic carbocycles. The van der Waals surface area contributed by atoms with Crippen molar-refractivity contribution < 1.29 is 29.3 Å². The van der Waals surface area contributed by atoms with Crippen molar-refractivity contribution in [1.82, 2.24) is 9.80 Å². The molecule has 0 radical (unpaired) electrons. The van der Waals surface area contributed by atoms with Gasteiger partial charge in [-0.15, -0.1) is 0 Å². The molecule has 0 atom stereocenters. The van der Waals surface area contributed by atoms with Crippen LogP contribution >= 0.6 is 0 Å². The molecule has 0 aliphatic heterocycles. The fraction of sp³-hybridized carbons (Fsp3) is 0.667. The summed E-state index contributed by atoms with van der Waals surface area (Å²) in [5, 5.41) is 18.3. The van der Waals surface area contributed by atoms with E-state index in [1.54, 1.807) is 13.8 Å². The highest BCUT2D eigenvalue weighted by molar-refractivity contribution is 5.87. The fourth-order valence-corrected chi connectivity index (χ4v) is 2.02. The summed E-state index contributed by atoms with van der Waals surface area (Å²) in [6.07, 6.45) is 0. The Hall–Kier alpha value is -1.74. The molecule has 150 valence electrons. The van der Waals surface area contributed by atoms with Crippen LogP contribution in [0.25, 0.3) is 0 Å². The van der Waals surface area contributed by atoms with Crippen LogP contribution in [0.1, 0.15) is 13.8 Å². The largest absolute Gasteiger partial charge is 0.461 e. The first-order valence-electron chi connectivity index (χ1n) is 8.63. The average Bonchev–Trinajstić information content (AvgIpc) is 2.58. The monoisotopic (exact) mass is 372 g/mol. The molecular formula is C18H32N2O6. The number of nitrogens with zero attached hydrogens (tertiary/aromatic N) is 2. The molecule has 0 unspecified atom stereocenters. The second-order valence-electron chi connectivity index (χ2n) is 5.96. The summed E-state index contributed by atoms with van der Waals surface area (Å²) in [5.74, 6) is -0.870. The molecule has 0 rings (SSSR count). The first-order valence-corrected chi connectivity index (χ1v) is 8.63. The van der Waals surface area contributed by atoms with Crippen molar-refractivity contribution >= 4 is 11.9 Å². The molecule has 0 aliphatic rings. The van der Waals surface area contributed by atoms with Gasteiger partial charge >= 0.3 is 11.9 Å². The zero-order valence-corrected chi connectivity index (χ0v) is 15.9. The number of esters is 2. The molecule has 0 heterocycles. The third kappa shape index (κ3) is 11.8. The van der Waals surface area contributed by atoms with Crippen molar-refractivity contribution in [2.75, 3.05) is 65.7 Å². The Labute approximate surface area is 155 Å². The van der Waals surface area contributed by atoms with Crippen molar-refractivity contribution in [3.8, 4) is 0 Å². The van der Waals surface area contributed by atoms with Crippen LogP contribution in [0.15, 0.2) is 24.3 Å². The molecule has 0 bridgehead atoms. The Morgan fingerprint density at radius 3 is 1.35 bits per heavy atom. The van der Waals surface area contributed by atoms with Crippen molar-refractivity contribution in [3.63, 3.8) is 0 Å². The Bertz CT molecular complexity index is 425. The number of ether oxygens (including phenoxy) is 2. The second kappa shape index (κ2) is 14.4. The standard InChI is InChI=1S/C18H32N2O6/c1-15(2)17(23)25-13-9-19(7-11-21)5-6-20(8-12-22)10-14-26-18(24)16(3)4/h21-22H,1,3,5-14H2,2,4H3. The van der Waals surface area contributed by atoms with Crippen molar-refractivity contribution in [2.45, 2.75) is 13.8 Å². The van der Waals surface area contributed by atoms with Gasteiger partial charge < -0.3 is 19.7 Å². The second-order valence-corrected chi connectivity index (χ2v) is 5.96. The number of carbonyl (C=O) groups excluding carboxylic acids is 2. The Morgan fingerprint density at radius 2 is 1.08 bits per heavy atom. The van der Waals surface area contributed by atoms with Crippen LogP contribution in [0.4, 0.5) is 0 Å². The molecule has 0 spiro atoms. The van der Waals surface area contributed by atoms with Crippen LogP contribution < -0.4 is 0 Å². The van der Waals surface area contributed by atoms with Gasteiger partial charge in [-0.3, -0.25) is 9.80 Å². The maximum Gasteiger partial charge on any atom is 0.333 e. The lowest BCUT2D eigenvalue weighted by atomic mass is 10.3. The molecule has 0 saturated heterocycles. The van der Waals surface area contributed by atoms with E-state index in [1.807, 2.05) is 9.80 Å². The first kappa shape index (κ1) is 24.3. The van der Waals surface area contributed by atoms with Crippen LogP contribution in [0.3, 0.4) is 0 Å². The normalized spacial score (nSPS) is 10.8. The fourth-order valence-electron chi connectivity index (χ4n) is 2.02. The Morgan fingerprint density at radius 1 is 0.731 bits per heavy atom. The molecular weight excluding hydrogens is 340 g/mol. The van der Waals surface area contributed by atoms with Crippen molar-refractivity contribution in [3.05, 3.63) is 24.3 Å². The quantitative estimate of drug-likeness (QED) is 0.302. The molecule has 0 amide bonds. The van der Waals surface area contributed by atoms with Gasteiger partial charge in [-0.05, 0) is 13.8 Å². The van der Waals surface area contributed by atoms with Gasteiger partial charge in [-0.2, -0.15) is 0 Å². The number of aliphatic hydroxyl groups excluding tert-OH is 2. The number of hydrogen-bond acceptors (Lipinski definition) is 8. The van der Waals surface area contributed by atoms with Crippen molar-refractivity contribution in [2.24, 2.45) is 0 Å². The number of carbonyl (C=O) groups is 2. The molecule has 0 aromatic heterocycles. The summed E-state index contributed by atoms with van der Waals surface area (Å²) in [4.78, 5) is 26.7. The van der Waals surface area contributed by atoms with E-state index in [4.69, 9.17) is 9.47 Å². The number of rotatable bonds is 15. The lowest BCUT2D eigenvalue weighted by Gasteiger charge is -2.26. The maximum atomic E-state index is 11.4. The van der Waals surface area contributed by atoms with Crippen LogP contribution in [-0.2, 0) is 19.1 Å². The third-order valence-electron chi connectivity index (χ3n) is 3.54. The molecule has 2 N–H and O–H groups in total. The van der Waals surface area contributed by atoms with E-state index >= 15 is 0 Å². The molecule has 8 nitrogen and oxygen atoms in total. The lowest BCUT2D eigenvalue weighted by Crippen LogP contribution is -2.40. The van der Waals surface area contributed by atoms with E-state index in [-0.39, 0.29) is 26.4 Å². The molecule has 0 saturated carbocycles. The van der Waals surface area contributed by atoms with Gasteiger partial charge in [0.05, 0.1) is 13.2 Å². The van der Waals surface area contributed by atoms with Gasteiger partial charge in [0.1, 0.15) is 13.2 Å². The number of aliphatic hydroxyl groups is 2. The zero-order valence-electron chi connectivity index (χ0n) is 15.9. The van der Waals surface area contributed by atoms with Gasteiger partial charge in [-0.25, -0.2) is 9.59 Å². The van der Waals surface area contributed by atoms with E-state index in [9.17, 15) is 19.8 Å². The minimum atomic E-state index is -0.435. The van der Waals surface area contributed by atoms with Gasteiger partial charge in [0.25, 0.3) is 0 Å². The summed E-state index contributed by atoms with van der Waals surface area (Å²) >= 11 is 0. The van der Waals surface area contributed by atoms with Crippen LogP contribution in [0, 0.1) is 0 Å². The van der Waals surface area contributed by atoms with Crippen molar-refractivity contribution in [1.29, 1.82) is 0 Å². The molecule has 26 heavy (non-hydrogen) atoms. The minimum absolute atomic E-state index is 0.00927. The smallest absolute Gasteiger partial charge is 0.333 e.